The number of nitrogens with zero attached hydrogens (tertiary/aromatic N) is 3. The van der Waals surface area contributed by atoms with Crippen molar-refractivity contribution in [2.75, 3.05) is 12.4 Å². The predicted molar refractivity (Wildman–Crippen MR) is 92.9 cm³/mol. The molecule has 0 aliphatic carbocycles. The maximum absolute atomic E-state index is 5.50. The van der Waals surface area contributed by atoms with Crippen molar-refractivity contribution in [3.05, 3.63) is 47.3 Å². The van der Waals surface area contributed by atoms with E-state index in [9.17, 15) is 0 Å². The van der Waals surface area contributed by atoms with Gasteiger partial charge in [-0.05, 0) is 25.0 Å². The molecule has 2 heterocycles. The number of ether oxygens (including phenoxy) is 1. The average Bonchev–Trinajstić information content (AvgIpc) is 2.88. The van der Waals surface area contributed by atoms with E-state index in [2.05, 4.69) is 47.4 Å². The number of nitrogens with one attached hydrogen (secondary N) is 1. The van der Waals surface area contributed by atoms with Crippen molar-refractivity contribution in [1.29, 1.82) is 0 Å². The number of pyridine rings is 1. The first-order valence-corrected chi connectivity index (χ1v) is 7.82. The number of aromatic nitrogens is 3. The third-order valence-electron chi connectivity index (χ3n) is 4.13. The first kappa shape index (κ1) is 15.3. The Morgan fingerprint density at radius 2 is 2.09 bits per heavy atom. The van der Waals surface area contributed by atoms with Gasteiger partial charge in [-0.2, -0.15) is 5.10 Å². The number of rotatable bonds is 5. The van der Waals surface area contributed by atoms with Crippen LogP contribution in [0.15, 0.2) is 30.5 Å². The lowest BCUT2D eigenvalue weighted by molar-refractivity contribution is 0.370. The standard InChI is InChI=1S/C18H22N4O/c1-5-15-14(18(23-4)22(3)21-15)11-20-16-9-10-19-17-12(2)7-6-8-13(16)17/h6-10H,5,11H2,1-4H3,(H,19,20). The molecular weight excluding hydrogens is 288 g/mol. The largest absolute Gasteiger partial charge is 0.481 e. The molecule has 1 aromatic carbocycles. The lowest BCUT2D eigenvalue weighted by Gasteiger charge is -2.11. The van der Waals surface area contributed by atoms with Crippen LogP contribution in [-0.4, -0.2) is 21.9 Å². The van der Waals surface area contributed by atoms with Gasteiger partial charge in [0.25, 0.3) is 0 Å². The summed E-state index contributed by atoms with van der Waals surface area (Å²) in [5.41, 5.74) is 5.46. The van der Waals surface area contributed by atoms with E-state index in [1.807, 2.05) is 19.3 Å². The first-order chi connectivity index (χ1) is 11.2. The van der Waals surface area contributed by atoms with Crippen LogP contribution in [0, 0.1) is 6.92 Å². The maximum Gasteiger partial charge on any atom is 0.216 e. The molecule has 0 radical (unpaired) electrons. The van der Waals surface area contributed by atoms with Gasteiger partial charge in [0.15, 0.2) is 0 Å². The van der Waals surface area contributed by atoms with Crippen molar-refractivity contribution in [1.82, 2.24) is 14.8 Å². The molecule has 1 N–H and O–H groups in total. The van der Waals surface area contributed by atoms with E-state index < -0.39 is 0 Å². The van der Waals surface area contributed by atoms with E-state index in [1.165, 1.54) is 5.56 Å². The zero-order chi connectivity index (χ0) is 16.4. The SMILES string of the molecule is CCc1nn(C)c(OC)c1CNc1ccnc2c(C)cccc12. The number of hydrogen-bond acceptors (Lipinski definition) is 4. The normalized spacial score (nSPS) is 11.0. The second kappa shape index (κ2) is 6.28. The summed E-state index contributed by atoms with van der Waals surface area (Å²) in [6.07, 6.45) is 2.73. The molecule has 5 heteroatoms. The number of fused-ring (bicyclic) bond motifs is 1. The van der Waals surface area contributed by atoms with Gasteiger partial charge in [0.05, 0.1) is 23.9 Å². The van der Waals surface area contributed by atoms with Crippen LogP contribution in [0.5, 0.6) is 5.88 Å². The van der Waals surface area contributed by atoms with Crippen LogP contribution >= 0.6 is 0 Å². The molecule has 0 saturated heterocycles. The summed E-state index contributed by atoms with van der Waals surface area (Å²) in [5, 5.41) is 9.18. The molecule has 0 spiro atoms. The number of benzene rings is 1. The minimum Gasteiger partial charge on any atom is -0.481 e. The molecule has 0 aliphatic rings. The zero-order valence-corrected chi connectivity index (χ0v) is 14.1. The quantitative estimate of drug-likeness (QED) is 0.784. The number of hydrogen-bond donors (Lipinski definition) is 1. The Bertz CT molecular complexity index is 838. The summed E-state index contributed by atoms with van der Waals surface area (Å²) in [6.45, 7) is 4.86. The van der Waals surface area contributed by atoms with Crippen molar-refractivity contribution in [2.45, 2.75) is 26.8 Å². The van der Waals surface area contributed by atoms with Crippen LogP contribution in [0.25, 0.3) is 10.9 Å². The topological polar surface area (TPSA) is 52.0 Å². The van der Waals surface area contributed by atoms with E-state index in [1.54, 1.807) is 11.8 Å². The molecule has 0 amide bonds. The number of aryl methyl sites for hydroxylation is 3. The van der Waals surface area contributed by atoms with Crippen molar-refractivity contribution >= 4 is 16.6 Å². The molecule has 0 unspecified atom stereocenters. The van der Waals surface area contributed by atoms with Gasteiger partial charge in [-0.1, -0.05) is 25.1 Å². The highest BCUT2D eigenvalue weighted by Gasteiger charge is 2.15. The molecule has 3 aromatic rings. The average molecular weight is 310 g/mol. The summed E-state index contributed by atoms with van der Waals surface area (Å²) in [7, 11) is 3.60. The second-order valence-corrected chi connectivity index (χ2v) is 5.59. The molecule has 0 fully saturated rings. The number of para-hydroxylation sites is 1. The van der Waals surface area contributed by atoms with E-state index >= 15 is 0 Å². The van der Waals surface area contributed by atoms with Gasteiger partial charge in [-0.25, -0.2) is 4.68 Å². The molecule has 2 aromatic heterocycles. The van der Waals surface area contributed by atoms with Crippen LogP contribution in [-0.2, 0) is 20.0 Å². The third-order valence-corrected chi connectivity index (χ3v) is 4.13. The van der Waals surface area contributed by atoms with Gasteiger partial charge in [0.1, 0.15) is 0 Å². The molecule has 3 rings (SSSR count). The van der Waals surface area contributed by atoms with E-state index in [0.717, 1.165) is 40.1 Å². The molecule has 5 nitrogen and oxygen atoms in total. The lowest BCUT2D eigenvalue weighted by atomic mass is 10.1. The van der Waals surface area contributed by atoms with E-state index in [-0.39, 0.29) is 0 Å². The Morgan fingerprint density at radius 1 is 1.26 bits per heavy atom. The van der Waals surface area contributed by atoms with Gasteiger partial charge in [0.2, 0.25) is 5.88 Å². The Hall–Kier alpha value is -2.56. The summed E-state index contributed by atoms with van der Waals surface area (Å²) in [6, 6.07) is 8.25. The monoisotopic (exact) mass is 310 g/mol. The molecule has 23 heavy (non-hydrogen) atoms. The predicted octanol–water partition coefficient (Wildman–Crippen LogP) is 3.46. The van der Waals surface area contributed by atoms with Crippen LogP contribution in [0.4, 0.5) is 5.69 Å². The molecule has 120 valence electrons. The Morgan fingerprint density at radius 3 is 2.83 bits per heavy atom. The third kappa shape index (κ3) is 2.74. The molecule has 0 bridgehead atoms. The zero-order valence-electron chi connectivity index (χ0n) is 14.1. The minimum absolute atomic E-state index is 0.674. The number of methoxy groups -OCH3 is 1. The van der Waals surface area contributed by atoms with Crippen molar-refractivity contribution in [2.24, 2.45) is 7.05 Å². The fraction of sp³-hybridized carbons (Fsp3) is 0.333. The molecule has 0 atom stereocenters. The second-order valence-electron chi connectivity index (χ2n) is 5.59. The fourth-order valence-electron chi connectivity index (χ4n) is 2.98. The maximum atomic E-state index is 5.50. The Kier molecular flexibility index (Phi) is 4.19. The van der Waals surface area contributed by atoms with Crippen molar-refractivity contribution in [3.63, 3.8) is 0 Å². The van der Waals surface area contributed by atoms with E-state index in [4.69, 9.17) is 4.74 Å². The summed E-state index contributed by atoms with van der Waals surface area (Å²) < 4.78 is 7.30. The van der Waals surface area contributed by atoms with Crippen LogP contribution < -0.4 is 10.1 Å². The van der Waals surface area contributed by atoms with Gasteiger partial charge in [-0.3, -0.25) is 4.98 Å². The molecular formula is C18H22N4O. The first-order valence-electron chi connectivity index (χ1n) is 7.82. The summed E-state index contributed by atoms with van der Waals surface area (Å²) >= 11 is 0. The van der Waals surface area contributed by atoms with Gasteiger partial charge in [0, 0.05) is 30.9 Å². The fourth-order valence-corrected chi connectivity index (χ4v) is 2.98. The minimum atomic E-state index is 0.674. The smallest absolute Gasteiger partial charge is 0.216 e. The summed E-state index contributed by atoms with van der Waals surface area (Å²) in [4.78, 5) is 4.49. The lowest BCUT2D eigenvalue weighted by Crippen LogP contribution is -2.04. The highest BCUT2D eigenvalue weighted by atomic mass is 16.5. The van der Waals surface area contributed by atoms with Crippen molar-refractivity contribution < 1.29 is 4.74 Å². The van der Waals surface area contributed by atoms with Crippen LogP contribution in [0.3, 0.4) is 0 Å². The van der Waals surface area contributed by atoms with Crippen LogP contribution in [0.1, 0.15) is 23.7 Å². The Balaban J connectivity index is 1.94. The Labute approximate surface area is 136 Å². The van der Waals surface area contributed by atoms with Gasteiger partial charge >= 0.3 is 0 Å². The van der Waals surface area contributed by atoms with Gasteiger partial charge in [-0.15, -0.1) is 0 Å². The molecule has 0 saturated carbocycles. The molecule has 0 aliphatic heterocycles. The van der Waals surface area contributed by atoms with E-state index in [0.29, 0.717) is 6.54 Å². The van der Waals surface area contributed by atoms with Crippen molar-refractivity contribution in [3.8, 4) is 5.88 Å². The van der Waals surface area contributed by atoms with Crippen LogP contribution in [0.2, 0.25) is 0 Å². The highest BCUT2D eigenvalue weighted by molar-refractivity contribution is 5.92. The van der Waals surface area contributed by atoms with Gasteiger partial charge < -0.3 is 10.1 Å². The highest BCUT2D eigenvalue weighted by Crippen LogP contribution is 2.27. The number of anilines is 1. The summed E-state index contributed by atoms with van der Waals surface area (Å²) in [5.74, 6) is 0.809.